The number of carbonyl (C=O) groups is 1. The molecule has 0 aliphatic carbocycles. The van der Waals surface area contributed by atoms with Gasteiger partial charge < -0.3 is 0 Å². The van der Waals surface area contributed by atoms with E-state index in [1.54, 1.807) is 36.4 Å². The van der Waals surface area contributed by atoms with Crippen LogP contribution in [-0.4, -0.2) is 14.7 Å². The third kappa shape index (κ3) is 3.74. The Bertz CT molecular complexity index is 755. The molecule has 0 amide bonds. The first-order valence-electron chi connectivity index (χ1n) is 6.91. The number of anilines is 1. The molecule has 2 rings (SSSR count). The van der Waals surface area contributed by atoms with Gasteiger partial charge in [-0.05, 0) is 47.4 Å². The molecule has 0 fully saturated rings. The second kappa shape index (κ2) is 5.93. The van der Waals surface area contributed by atoms with E-state index in [2.05, 4.69) is 25.5 Å². The Morgan fingerprint density at radius 2 is 1.45 bits per heavy atom. The summed E-state index contributed by atoms with van der Waals surface area (Å²) in [5.41, 5.74) is 1.96. The van der Waals surface area contributed by atoms with E-state index in [1.165, 1.54) is 0 Å². The Balaban J connectivity index is 2.24. The average molecular weight is 317 g/mol. The summed E-state index contributed by atoms with van der Waals surface area (Å²) in [6, 6.07) is 13.1. The molecule has 5 heteroatoms. The van der Waals surface area contributed by atoms with Crippen LogP contribution in [0, 0.1) is 0 Å². The number of hydrogen-bond acceptors (Lipinski definition) is 3. The van der Waals surface area contributed by atoms with Crippen LogP contribution < -0.4 is 4.72 Å². The van der Waals surface area contributed by atoms with Crippen LogP contribution in [0.2, 0.25) is 0 Å². The zero-order valence-electron chi connectivity index (χ0n) is 12.8. The average Bonchev–Trinajstić information content (AvgIpc) is 2.47. The van der Waals surface area contributed by atoms with Crippen molar-refractivity contribution < 1.29 is 13.2 Å². The minimum absolute atomic E-state index is 0.0274. The summed E-state index contributed by atoms with van der Waals surface area (Å²) in [6.45, 7) is 6.22. The van der Waals surface area contributed by atoms with Gasteiger partial charge in [-0.15, -0.1) is 0 Å². The third-order valence-electron chi connectivity index (χ3n) is 3.33. The lowest BCUT2D eigenvalue weighted by Crippen LogP contribution is -2.14. The maximum atomic E-state index is 12.3. The maximum absolute atomic E-state index is 12.3. The summed E-state index contributed by atoms with van der Waals surface area (Å²) in [5.74, 6) is 0. The van der Waals surface area contributed by atoms with E-state index in [0.29, 0.717) is 17.5 Å². The van der Waals surface area contributed by atoms with Crippen LogP contribution in [0.5, 0.6) is 0 Å². The number of nitrogens with one attached hydrogen (secondary N) is 1. The predicted molar refractivity (Wildman–Crippen MR) is 87.8 cm³/mol. The van der Waals surface area contributed by atoms with E-state index in [1.807, 2.05) is 12.1 Å². The van der Waals surface area contributed by atoms with Crippen LogP contribution in [0.25, 0.3) is 0 Å². The molecule has 2 aromatic carbocycles. The zero-order chi connectivity index (χ0) is 16.4. The highest BCUT2D eigenvalue weighted by Crippen LogP contribution is 2.24. The highest BCUT2D eigenvalue weighted by atomic mass is 32.2. The van der Waals surface area contributed by atoms with Crippen molar-refractivity contribution in [1.29, 1.82) is 0 Å². The van der Waals surface area contributed by atoms with E-state index in [0.717, 1.165) is 5.56 Å². The van der Waals surface area contributed by atoms with Crippen LogP contribution in [0.15, 0.2) is 53.4 Å². The van der Waals surface area contributed by atoms with E-state index < -0.39 is 10.0 Å². The molecule has 0 aliphatic heterocycles. The Morgan fingerprint density at radius 1 is 0.909 bits per heavy atom. The fraction of sp³-hybridized carbons (Fsp3) is 0.235. The summed E-state index contributed by atoms with van der Waals surface area (Å²) in [7, 11) is -3.63. The summed E-state index contributed by atoms with van der Waals surface area (Å²) < 4.78 is 27.2. The molecule has 0 bridgehead atoms. The second-order valence-electron chi connectivity index (χ2n) is 6.12. The lowest BCUT2D eigenvalue weighted by molar-refractivity contribution is 0.112. The van der Waals surface area contributed by atoms with Crippen molar-refractivity contribution in [2.45, 2.75) is 31.1 Å². The summed E-state index contributed by atoms with van der Waals surface area (Å²) in [5, 5.41) is 0. The monoisotopic (exact) mass is 317 g/mol. The summed E-state index contributed by atoms with van der Waals surface area (Å²) in [6.07, 6.45) is 0.712. The number of benzene rings is 2. The van der Waals surface area contributed by atoms with Gasteiger partial charge in [-0.2, -0.15) is 0 Å². The normalized spacial score (nSPS) is 12.0. The number of rotatable bonds is 4. The third-order valence-corrected chi connectivity index (χ3v) is 4.73. The van der Waals surface area contributed by atoms with Crippen LogP contribution in [0.3, 0.4) is 0 Å². The lowest BCUT2D eigenvalue weighted by Gasteiger charge is -2.19. The van der Waals surface area contributed by atoms with Crippen molar-refractivity contribution in [2.75, 3.05) is 4.72 Å². The molecule has 0 saturated heterocycles. The van der Waals surface area contributed by atoms with Crippen LogP contribution >= 0.6 is 0 Å². The molecule has 0 heterocycles. The number of carbonyl (C=O) groups excluding carboxylic acids is 1. The van der Waals surface area contributed by atoms with Gasteiger partial charge in [0, 0.05) is 11.3 Å². The molecule has 0 saturated carbocycles. The van der Waals surface area contributed by atoms with Gasteiger partial charge in [-0.25, -0.2) is 8.42 Å². The maximum Gasteiger partial charge on any atom is 0.261 e. The van der Waals surface area contributed by atoms with E-state index in [-0.39, 0.29) is 10.3 Å². The fourth-order valence-electron chi connectivity index (χ4n) is 1.98. The fourth-order valence-corrected chi connectivity index (χ4v) is 3.04. The highest BCUT2D eigenvalue weighted by Gasteiger charge is 2.17. The first-order chi connectivity index (χ1) is 10.2. The van der Waals surface area contributed by atoms with E-state index in [4.69, 9.17) is 0 Å². The molecular weight excluding hydrogens is 298 g/mol. The van der Waals surface area contributed by atoms with Crippen molar-refractivity contribution in [3.63, 3.8) is 0 Å². The molecule has 2 aromatic rings. The SMILES string of the molecule is CC(C)(C)c1ccc(S(=O)(=O)Nc2ccc(C=O)cc2)cc1. The quantitative estimate of drug-likeness (QED) is 0.876. The zero-order valence-corrected chi connectivity index (χ0v) is 13.6. The highest BCUT2D eigenvalue weighted by molar-refractivity contribution is 7.92. The topological polar surface area (TPSA) is 63.2 Å². The molecule has 0 radical (unpaired) electrons. The van der Waals surface area contributed by atoms with Crippen molar-refractivity contribution >= 4 is 22.0 Å². The first kappa shape index (κ1) is 16.2. The van der Waals surface area contributed by atoms with Gasteiger partial charge in [0.1, 0.15) is 6.29 Å². The molecule has 22 heavy (non-hydrogen) atoms. The molecule has 0 spiro atoms. The molecule has 116 valence electrons. The molecule has 4 nitrogen and oxygen atoms in total. The van der Waals surface area contributed by atoms with Gasteiger partial charge in [0.15, 0.2) is 0 Å². The minimum atomic E-state index is -3.63. The van der Waals surface area contributed by atoms with Crippen molar-refractivity contribution in [1.82, 2.24) is 0 Å². The van der Waals surface area contributed by atoms with Gasteiger partial charge in [-0.1, -0.05) is 32.9 Å². The summed E-state index contributed by atoms with van der Waals surface area (Å²) in [4.78, 5) is 10.8. The van der Waals surface area contributed by atoms with E-state index >= 15 is 0 Å². The first-order valence-corrected chi connectivity index (χ1v) is 8.39. The van der Waals surface area contributed by atoms with Crippen LogP contribution in [0.4, 0.5) is 5.69 Å². The standard InChI is InChI=1S/C17H19NO3S/c1-17(2,3)14-6-10-16(11-7-14)22(20,21)18-15-8-4-13(12-19)5-9-15/h4-12,18H,1-3H3. The second-order valence-corrected chi connectivity index (χ2v) is 7.80. The van der Waals surface area contributed by atoms with Crippen molar-refractivity contribution in [3.05, 3.63) is 59.7 Å². The Labute approximate surface area is 131 Å². The number of sulfonamides is 1. The molecule has 1 N–H and O–H groups in total. The van der Waals surface area contributed by atoms with Crippen molar-refractivity contribution in [2.24, 2.45) is 0 Å². The molecule has 0 aromatic heterocycles. The Hall–Kier alpha value is -2.14. The molecule has 0 unspecified atom stereocenters. The van der Waals surface area contributed by atoms with Gasteiger partial charge in [0.05, 0.1) is 4.90 Å². The van der Waals surface area contributed by atoms with Crippen LogP contribution in [-0.2, 0) is 15.4 Å². The molecule has 0 atom stereocenters. The lowest BCUT2D eigenvalue weighted by atomic mass is 9.87. The van der Waals surface area contributed by atoms with Crippen molar-refractivity contribution in [3.8, 4) is 0 Å². The number of aldehydes is 1. The minimum Gasteiger partial charge on any atom is -0.298 e. The van der Waals surface area contributed by atoms with Gasteiger partial charge in [-0.3, -0.25) is 9.52 Å². The largest absolute Gasteiger partial charge is 0.298 e. The summed E-state index contributed by atoms with van der Waals surface area (Å²) >= 11 is 0. The Morgan fingerprint density at radius 3 is 1.91 bits per heavy atom. The van der Waals surface area contributed by atoms with Gasteiger partial charge in [0.25, 0.3) is 10.0 Å². The molecular formula is C17H19NO3S. The van der Waals surface area contributed by atoms with E-state index in [9.17, 15) is 13.2 Å². The smallest absolute Gasteiger partial charge is 0.261 e. The predicted octanol–water partition coefficient (Wildman–Crippen LogP) is 3.60. The van der Waals surface area contributed by atoms with Gasteiger partial charge in [0.2, 0.25) is 0 Å². The Kier molecular flexibility index (Phi) is 4.37. The van der Waals surface area contributed by atoms with Crippen LogP contribution in [0.1, 0.15) is 36.7 Å². The molecule has 0 aliphatic rings. The number of hydrogen-bond donors (Lipinski definition) is 1. The van der Waals surface area contributed by atoms with Gasteiger partial charge >= 0.3 is 0 Å².